The third-order valence-electron chi connectivity index (χ3n) is 3.17. The molecule has 0 aromatic heterocycles. The Labute approximate surface area is 87.3 Å². The summed E-state index contributed by atoms with van der Waals surface area (Å²) in [6, 6.07) is 2.21. The maximum absolute atomic E-state index is 11.8. The predicted octanol–water partition coefficient (Wildman–Crippen LogP) is 0.648. The number of nitriles is 1. The quantitative estimate of drug-likeness (QED) is 0.728. The molecule has 1 unspecified atom stereocenters. The van der Waals surface area contributed by atoms with Crippen molar-refractivity contribution in [1.29, 1.82) is 5.26 Å². The maximum atomic E-state index is 11.8. The number of nitrogens with zero attached hydrogens (tertiary/aromatic N) is 1. The van der Waals surface area contributed by atoms with Crippen molar-refractivity contribution in [1.82, 2.24) is 5.32 Å². The first kappa shape index (κ1) is 10.1. The molecule has 2 aliphatic rings. The molecule has 4 heteroatoms. The number of rotatable bonds is 5. The molecule has 0 spiro atoms. The second-order valence-corrected chi connectivity index (χ2v) is 6.11. The molecule has 0 radical (unpaired) electrons. The maximum Gasteiger partial charge on any atom is 0.0627 e. The van der Waals surface area contributed by atoms with E-state index < -0.39 is 10.8 Å². The third-order valence-corrected chi connectivity index (χ3v) is 4.94. The number of hydrogen-bond donors (Lipinski definition) is 1. The molecular formula is C10H16N2OS. The highest BCUT2D eigenvalue weighted by molar-refractivity contribution is 7.85. The van der Waals surface area contributed by atoms with Crippen molar-refractivity contribution >= 4 is 10.8 Å². The first-order valence-electron chi connectivity index (χ1n) is 5.17. The highest BCUT2D eigenvalue weighted by Crippen LogP contribution is 2.49. The summed E-state index contributed by atoms with van der Waals surface area (Å²) in [4.78, 5) is 0. The lowest BCUT2D eigenvalue weighted by Gasteiger charge is -2.27. The minimum atomic E-state index is -0.698. The average Bonchev–Trinajstić information content (AvgIpc) is 2.78. The SMILES string of the molecule is N#CCC1(CS(=O)CC2CNC2)CC1. The van der Waals surface area contributed by atoms with Crippen molar-refractivity contribution in [3.8, 4) is 6.07 Å². The normalized spacial score (nSPS) is 26.2. The zero-order chi connectivity index (χ0) is 10.0. The Hall–Kier alpha value is -0.400. The van der Waals surface area contributed by atoms with Gasteiger partial charge in [-0.15, -0.1) is 0 Å². The van der Waals surface area contributed by atoms with E-state index in [9.17, 15) is 4.21 Å². The molecule has 1 saturated heterocycles. The minimum absolute atomic E-state index is 0.150. The predicted molar refractivity (Wildman–Crippen MR) is 56.1 cm³/mol. The van der Waals surface area contributed by atoms with E-state index in [1.807, 2.05) is 0 Å². The van der Waals surface area contributed by atoms with Crippen molar-refractivity contribution in [3.63, 3.8) is 0 Å². The van der Waals surface area contributed by atoms with Crippen LogP contribution in [-0.2, 0) is 10.8 Å². The molecular weight excluding hydrogens is 196 g/mol. The summed E-state index contributed by atoms with van der Waals surface area (Å²) in [7, 11) is -0.698. The van der Waals surface area contributed by atoms with Crippen LogP contribution >= 0.6 is 0 Å². The Morgan fingerprint density at radius 1 is 1.50 bits per heavy atom. The van der Waals surface area contributed by atoms with E-state index in [0.29, 0.717) is 12.3 Å². The Kier molecular flexibility index (Phi) is 2.89. The Bertz CT molecular complexity index is 276. The molecule has 0 amide bonds. The van der Waals surface area contributed by atoms with E-state index >= 15 is 0 Å². The standard InChI is InChI=1S/C10H16N2OS/c11-4-3-10(1-2-10)8-14(13)7-9-5-12-6-9/h9,12H,1-3,5-8H2. The van der Waals surface area contributed by atoms with Gasteiger partial charge < -0.3 is 5.32 Å². The van der Waals surface area contributed by atoms with E-state index in [-0.39, 0.29) is 5.41 Å². The summed E-state index contributed by atoms with van der Waals surface area (Å²) in [5.74, 6) is 2.21. The van der Waals surface area contributed by atoms with Crippen molar-refractivity contribution in [2.45, 2.75) is 19.3 Å². The van der Waals surface area contributed by atoms with Crippen molar-refractivity contribution in [2.24, 2.45) is 11.3 Å². The van der Waals surface area contributed by atoms with E-state index in [0.717, 1.165) is 37.4 Å². The van der Waals surface area contributed by atoms with Gasteiger partial charge in [0.15, 0.2) is 0 Å². The lowest BCUT2D eigenvalue weighted by atomic mass is 10.1. The van der Waals surface area contributed by atoms with Crippen LogP contribution in [0.15, 0.2) is 0 Å². The van der Waals surface area contributed by atoms with Gasteiger partial charge in [0, 0.05) is 41.8 Å². The van der Waals surface area contributed by atoms with Crippen LogP contribution in [0.5, 0.6) is 0 Å². The second kappa shape index (κ2) is 4.00. The highest BCUT2D eigenvalue weighted by Gasteiger charge is 2.43. The van der Waals surface area contributed by atoms with E-state index in [2.05, 4.69) is 11.4 Å². The zero-order valence-electron chi connectivity index (χ0n) is 8.29. The van der Waals surface area contributed by atoms with Crippen LogP contribution in [0.1, 0.15) is 19.3 Å². The zero-order valence-corrected chi connectivity index (χ0v) is 9.11. The molecule has 1 heterocycles. The van der Waals surface area contributed by atoms with Gasteiger partial charge in [0.1, 0.15) is 0 Å². The van der Waals surface area contributed by atoms with Gasteiger partial charge in [-0.25, -0.2) is 0 Å². The molecule has 1 aliphatic heterocycles. The van der Waals surface area contributed by atoms with Gasteiger partial charge in [0.05, 0.1) is 6.07 Å². The molecule has 3 nitrogen and oxygen atoms in total. The molecule has 1 atom stereocenters. The first-order chi connectivity index (χ1) is 6.74. The van der Waals surface area contributed by atoms with Gasteiger partial charge in [-0.05, 0) is 24.2 Å². The van der Waals surface area contributed by atoms with Crippen LogP contribution in [0.3, 0.4) is 0 Å². The summed E-state index contributed by atoms with van der Waals surface area (Å²) < 4.78 is 11.8. The Balaban J connectivity index is 1.74. The lowest BCUT2D eigenvalue weighted by molar-refractivity contribution is 0.382. The highest BCUT2D eigenvalue weighted by atomic mass is 32.2. The van der Waals surface area contributed by atoms with Crippen LogP contribution in [0.25, 0.3) is 0 Å². The van der Waals surface area contributed by atoms with Gasteiger partial charge in [-0.1, -0.05) is 0 Å². The van der Waals surface area contributed by atoms with Crippen LogP contribution in [0.4, 0.5) is 0 Å². The Morgan fingerprint density at radius 2 is 2.21 bits per heavy atom. The molecule has 0 bridgehead atoms. The van der Waals surface area contributed by atoms with Crippen LogP contribution in [-0.4, -0.2) is 28.8 Å². The summed E-state index contributed by atoms with van der Waals surface area (Å²) in [5, 5.41) is 11.8. The second-order valence-electron chi connectivity index (χ2n) is 4.61. The summed E-state index contributed by atoms with van der Waals surface area (Å²) >= 11 is 0. The third kappa shape index (κ3) is 2.34. The molecule has 1 aliphatic carbocycles. The lowest BCUT2D eigenvalue weighted by Crippen LogP contribution is -2.45. The monoisotopic (exact) mass is 212 g/mol. The summed E-state index contributed by atoms with van der Waals surface area (Å²) in [6.07, 6.45) is 2.81. The minimum Gasteiger partial charge on any atom is -0.316 e. The topological polar surface area (TPSA) is 52.9 Å². The molecule has 0 aromatic carbocycles. The smallest absolute Gasteiger partial charge is 0.0627 e. The molecule has 0 aromatic rings. The first-order valence-corrected chi connectivity index (χ1v) is 6.66. The van der Waals surface area contributed by atoms with E-state index in [1.54, 1.807) is 0 Å². The molecule has 1 N–H and O–H groups in total. The van der Waals surface area contributed by atoms with Crippen LogP contribution in [0.2, 0.25) is 0 Å². The summed E-state index contributed by atoms with van der Waals surface area (Å²) in [5.41, 5.74) is 0.150. The van der Waals surface area contributed by atoms with E-state index in [1.165, 1.54) is 0 Å². The summed E-state index contributed by atoms with van der Waals surface area (Å²) in [6.45, 7) is 2.05. The molecule has 1 saturated carbocycles. The average molecular weight is 212 g/mol. The molecule has 2 fully saturated rings. The van der Waals surface area contributed by atoms with Crippen molar-refractivity contribution in [3.05, 3.63) is 0 Å². The fourth-order valence-corrected chi connectivity index (χ4v) is 3.80. The molecule has 14 heavy (non-hydrogen) atoms. The fraction of sp³-hybridized carbons (Fsp3) is 0.900. The molecule has 2 rings (SSSR count). The fourth-order valence-electron chi connectivity index (χ4n) is 1.85. The molecule has 78 valence electrons. The van der Waals surface area contributed by atoms with Crippen molar-refractivity contribution < 1.29 is 4.21 Å². The number of hydrogen-bond acceptors (Lipinski definition) is 3. The van der Waals surface area contributed by atoms with E-state index in [4.69, 9.17) is 5.26 Å². The van der Waals surface area contributed by atoms with Crippen molar-refractivity contribution in [2.75, 3.05) is 24.6 Å². The van der Waals surface area contributed by atoms with Crippen LogP contribution in [0, 0.1) is 22.7 Å². The van der Waals surface area contributed by atoms with Gasteiger partial charge in [-0.3, -0.25) is 4.21 Å². The largest absolute Gasteiger partial charge is 0.316 e. The van der Waals surface area contributed by atoms with Gasteiger partial charge in [0.2, 0.25) is 0 Å². The van der Waals surface area contributed by atoms with Gasteiger partial charge in [0.25, 0.3) is 0 Å². The number of nitrogens with one attached hydrogen (secondary N) is 1. The van der Waals surface area contributed by atoms with Crippen LogP contribution < -0.4 is 5.32 Å². The Morgan fingerprint density at radius 3 is 2.64 bits per heavy atom. The van der Waals surface area contributed by atoms with Gasteiger partial charge in [-0.2, -0.15) is 5.26 Å². The van der Waals surface area contributed by atoms with Gasteiger partial charge >= 0.3 is 0 Å².